The Kier molecular flexibility index (Phi) is 11.9. The first-order valence-corrected chi connectivity index (χ1v) is 15.5. The number of alkyl halides is 1. The molecule has 0 saturated carbocycles. The number of carbonyl (C=O) groups is 1. The summed E-state index contributed by atoms with van der Waals surface area (Å²) in [6.07, 6.45) is 0.0656. The number of esters is 1. The van der Waals surface area contributed by atoms with Gasteiger partial charge in [-0.3, -0.25) is 4.90 Å². The monoisotopic (exact) mass is 634 g/mol. The Balaban J connectivity index is 1.39. The molecule has 0 saturated heterocycles. The number of ether oxygens (including phenoxy) is 5. The number of aromatic amines is 1. The maximum Gasteiger partial charge on any atom is 0.332 e. The topological polar surface area (TPSA) is 82.3 Å². The molecule has 45 heavy (non-hydrogen) atoms. The van der Waals surface area contributed by atoms with Crippen molar-refractivity contribution in [2.24, 2.45) is 0 Å². The molecule has 0 radical (unpaired) electrons. The van der Waals surface area contributed by atoms with Crippen molar-refractivity contribution in [1.82, 2.24) is 9.88 Å². The van der Waals surface area contributed by atoms with Crippen LogP contribution in [0.25, 0.3) is 10.9 Å². The number of hydrogen-bond acceptors (Lipinski definition) is 7. The molecule has 1 aromatic heterocycles. The highest BCUT2D eigenvalue weighted by Crippen LogP contribution is 2.43. The molecule has 0 bridgehead atoms. The Hall–Kier alpha value is -3.12. The van der Waals surface area contributed by atoms with Crippen LogP contribution in [0.3, 0.4) is 0 Å². The highest BCUT2D eigenvalue weighted by atomic mass is 19.1. The van der Waals surface area contributed by atoms with Gasteiger partial charge in [-0.15, -0.1) is 0 Å². The van der Waals surface area contributed by atoms with Crippen molar-refractivity contribution < 1.29 is 41.7 Å². The van der Waals surface area contributed by atoms with Crippen LogP contribution in [-0.2, 0) is 30.2 Å². The van der Waals surface area contributed by atoms with Gasteiger partial charge in [0, 0.05) is 46.9 Å². The van der Waals surface area contributed by atoms with Gasteiger partial charge in [0.1, 0.15) is 36.3 Å². The molecule has 248 valence electrons. The molecular weight excluding hydrogens is 589 g/mol. The van der Waals surface area contributed by atoms with Crippen molar-refractivity contribution >= 4 is 16.9 Å². The number of fused-ring (bicyclic) bond motifs is 3. The van der Waals surface area contributed by atoms with E-state index in [1.165, 1.54) is 26.0 Å². The fraction of sp³-hybridized carbons (Fsp3) is 0.559. The summed E-state index contributed by atoms with van der Waals surface area (Å²) in [6.45, 7) is 11.2. The molecule has 8 nitrogen and oxygen atoms in total. The molecule has 0 amide bonds. The molecule has 11 heteroatoms. The number of nitrogens with one attached hydrogen (secondary N) is 1. The maximum absolute atomic E-state index is 15.8. The summed E-state index contributed by atoms with van der Waals surface area (Å²) in [7, 11) is 0. The number of halogens is 3. The number of hydrogen-bond donors (Lipinski definition) is 1. The first-order chi connectivity index (χ1) is 21.4. The lowest BCUT2D eigenvalue weighted by atomic mass is 9.87. The Morgan fingerprint density at radius 3 is 2.33 bits per heavy atom. The van der Waals surface area contributed by atoms with E-state index in [0.717, 1.165) is 16.5 Å². The number of nitrogens with zero attached hydrogens (tertiary/aromatic N) is 1. The van der Waals surface area contributed by atoms with Gasteiger partial charge in [-0.05, 0) is 59.6 Å². The molecule has 0 fully saturated rings. The van der Waals surface area contributed by atoms with E-state index in [1.54, 1.807) is 6.92 Å². The lowest BCUT2D eigenvalue weighted by molar-refractivity contribution is -0.149. The predicted octanol–water partition coefficient (Wildman–Crippen LogP) is 6.30. The van der Waals surface area contributed by atoms with Crippen LogP contribution in [0.2, 0.25) is 0 Å². The fourth-order valence-corrected chi connectivity index (χ4v) is 5.72. The summed E-state index contributed by atoms with van der Waals surface area (Å²) in [6, 6.07) is 9.10. The van der Waals surface area contributed by atoms with Gasteiger partial charge in [0.05, 0.1) is 44.7 Å². The minimum atomic E-state index is -1.58. The van der Waals surface area contributed by atoms with E-state index in [0.29, 0.717) is 18.7 Å². The van der Waals surface area contributed by atoms with E-state index < -0.39 is 29.3 Å². The molecule has 4 atom stereocenters. The average Bonchev–Trinajstić information content (AvgIpc) is 3.33. The molecule has 0 spiro atoms. The van der Waals surface area contributed by atoms with E-state index in [4.69, 9.17) is 23.7 Å². The highest BCUT2D eigenvalue weighted by molar-refractivity contribution is 5.85. The van der Waals surface area contributed by atoms with Crippen LogP contribution in [0, 0.1) is 11.6 Å². The number of aromatic nitrogens is 1. The standard InChI is InChI=1S/C34H45F3N2O6/c1-7-42-30(40)19-41-12-13-43-22(3)23(4)44-14-15-45-24-17-27(35)31(28(36)18-24)33-32-26(25-10-8-9-11-29(25)38-32)16-21(2)39(33)20-34(5,6)37/h8-11,17-18,21-23,33,38H,7,12-16,19-20H2,1-6H3/t21-,22-,23-,33?/m1/s1. The molecule has 2 aromatic carbocycles. The predicted molar refractivity (Wildman–Crippen MR) is 165 cm³/mol. The lowest BCUT2D eigenvalue weighted by Gasteiger charge is -2.43. The summed E-state index contributed by atoms with van der Waals surface area (Å²) >= 11 is 0. The second-order valence-electron chi connectivity index (χ2n) is 12.1. The normalized spacial score (nSPS) is 18.5. The van der Waals surface area contributed by atoms with Gasteiger partial charge >= 0.3 is 5.97 Å². The molecule has 1 N–H and O–H groups in total. The van der Waals surface area contributed by atoms with Crippen LogP contribution in [0.4, 0.5) is 13.2 Å². The Bertz CT molecular complexity index is 1400. The van der Waals surface area contributed by atoms with Crippen molar-refractivity contribution in [3.8, 4) is 5.75 Å². The van der Waals surface area contributed by atoms with E-state index >= 15 is 13.2 Å². The minimum absolute atomic E-state index is 0.00302. The van der Waals surface area contributed by atoms with Gasteiger partial charge in [0.2, 0.25) is 0 Å². The number of benzene rings is 2. The SMILES string of the molecule is CCOC(=O)COCCO[C@H](C)[C@@H](C)OCCOc1cc(F)c(C2c3[nH]c4ccccc4c3C[C@@H](C)N2CC(C)(C)F)c(F)c1. The first kappa shape index (κ1) is 34.7. The Labute approximate surface area is 263 Å². The Morgan fingerprint density at radius 2 is 1.69 bits per heavy atom. The van der Waals surface area contributed by atoms with Gasteiger partial charge in [-0.2, -0.15) is 0 Å². The van der Waals surface area contributed by atoms with Gasteiger partial charge in [-0.1, -0.05) is 18.2 Å². The number of carbonyl (C=O) groups excluding carboxylic acids is 1. The lowest BCUT2D eigenvalue weighted by Crippen LogP contribution is -2.48. The second kappa shape index (κ2) is 15.4. The van der Waals surface area contributed by atoms with Crippen molar-refractivity contribution in [3.63, 3.8) is 0 Å². The quantitative estimate of drug-likeness (QED) is 0.146. The molecular formula is C34H45F3N2O6. The van der Waals surface area contributed by atoms with Crippen LogP contribution in [0.15, 0.2) is 36.4 Å². The maximum atomic E-state index is 15.8. The van der Waals surface area contributed by atoms with Crippen molar-refractivity contribution in [2.45, 2.75) is 77.9 Å². The van der Waals surface area contributed by atoms with Crippen molar-refractivity contribution in [3.05, 3.63) is 64.9 Å². The van der Waals surface area contributed by atoms with Gasteiger partial charge in [0.15, 0.2) is 0 Å². The largest absolute Gasteiger partial charge is 0.491 e. The van der Waals surface area contributed by atoms with Gasteiger partial charge < -0.3 is 28.7 Å². The van der Waals surface area contributed by atoms with Crippen molar-refractivity contribution in [2.75, 3.05) is 46.2 Å². The van der Waals surface area contributed by atoms with Crippen molar-refractivity contribution in [1.29, 1.82) is 0 Å². The summed E-state index contributed by atoms with van der Waals surface area (Å²) < 4.78 is 73.8. The average molecular weight is 635 g/mol. The third-order valence-corrected chi connectivity index (χ3v) is 7.93. The Morgan fingerprint density at radius 1 is 1.04 bits per heavy atom. The number of para-hydroxylation sites is 1. The highest BCUT2D eigenvalue weighted by Gasteiger charge is 2.41. The van der Waals surface area contributed by atoms with Crippen LogP contribution in [-0.4, -0.2) is 86.0 Å². The first-order valence-electron chi connectivity index (χ1n) is 15.5. The van der Waals surface area contributed by atoms with Gasteiger partial charge in [0.25, 0.3) is 0 Å². The third-order valence-electron chi connectivity index (χ3n) is 7.93. The van der Waals surface area contributed by atoms with Crippen LogP contribution in [0.5, 0.6) is 5.75 Å². The summed E-state index contributed by atoms with van der Waals surface area (Å²) in [5, 5.41) is 1.00. The second-order valence-corrected chi connectivity index (χ2v) is 12.1. The fourth-order valence-electron chi connectivity index (χ4n) is 5.72. The smallest absolute Gasteiger partial charge is 0.332 e. The van der Waals surface area contributed by atoms with E-state index in [-0.39, 0.29) is 69.1 Å². The zero-order chi connectivity index (χ0) is 32.7. The molecule has 3 aromatic rings. The summed E-state index contributed by atoms with van der Waals surface area (Å²) in [4.78, 5) is 16.5. The molecule has 2 heterocycles. The van der Waals surface area contributed by atoms with Crippen LogP contribution < -0.4 is 4.74 Å². The van der Waals surface area contributed by atoms with E-state index in [2.05, 4.69) is 4.98 Å². The van der Waals surface area contributed by atoms with Crippen LogP contribution in [0.1, 0.15) is 64.4 Å². The molecule has 4 rings (SSSR count). The zero-order valence-electron chi connectivity index (χ0n) is 27.0. The van der Waals surface area contributed by atoms with Crippen LogP contribution >= 0.6 is 0 Å². The molecule has 0 aliphatic carbocycles. The molecule has 1 aliphatic rings. The van der Waals surface area contributed by atoms with Gasteiger partial charge in [-0.25, -0.2) is 18.0 Å². The zero-order valence-corrected chi connectivity index (χ0v) is 27.0. The third kappa shape index (κ3) is 9.00. The van der Waals surface area contributed by atoms with E-state index in [1.807, 2.05) is 49.9 Å². The molecule has 1 unspecified atom stereocenters. The molecule has 1 aliphatic heterocycles. The number of rotatable bonds is 16. The summed E-state index contributed by atoms with van der Waals surface area (Å²) in [5.74, 6) is -1.92. The van der Waals surface area contributed by atoms with E-state index in [9.17, 15) is 4.79 Å². The number of H-pyrrole nitrogens is 1. The summed E-state index contributed by atoms with van der Waals surface area (Å²) in [5.41, 5.74) is 0.813. The minimum Gasteiger partial charge on any atom is -0.491 e.